The average molecular weight is 280 g/mol. The molecule has 0 heterocycles. The lowest BCUT2D eigenvalue weighted by Crippen LogP contribution is -2.38. The number of carbonyl (C=O) groups excluding carboxylic acids is 1. The Kier molecular flexibility index (Phi) is 7.04. The van der Waals surface area contributed by atoms with E-state index in [2.05, 4.69) is 12.2 Å². The van der Waals surface area contributed by atoms with Crippen molar-refractivity contribution in [3.63, 3.8) is 0 Å². The summed E-state index contributed by atoms with van der Waals surface area (Å²) >= 11 is 0. The highest BCUT2D eigenvalue weighted by Gasteiger charge is 2.17. The lowest BCUT2D eigenvalue weighted by molar-refractivity contribution is -0.122. The Morgan fingerprint density at radius 3 is 2.60 bits per heavy atom. The first-order chi connectivity index (χ1) is 9.58. The minimum absolute atomic E-state index is 0.0122. The number of ether oxygens (including phenoxy) is 1. The maximum Gasteiger partial charge on any atom is 0.234 e. The third-order valence-corrected chi connectivity index (χ3v) is 3.22. The Balaban J connectivity index is 2.56. The molecule has 0 aliphatic heterocycles. The molecule has 2 N–H and O–H groups in total. The van der Waals surface area contributed by atoms with E-state index in [-0.39, 0.29) is 17.7 Å². The van der Waals surface area contributed by atoms with Crippen molar-refractivity contribution >= 4 is 5.91 Å². The monoisotopic (exact) mass is 280 g/mol. The molecule has 0 aliphatic rings. The number of aromatic hydroxyl groups is 1. The van der Waals surface area contributed by atoms with E-state index in [1.165, 1.54) is 0 Å². The molecule has 112 valence electrons. The molecule has 0 bridgehead atoms. The van der Waals surface area contributed by atoms with Gasteiger partial charge < -0.3 is 15.2 Å². The molecule has 5 heteroatoms. The number of nitrogens with one attached hydrogen (secondary N) is 1. The number of rotatable bonds is 8. The average Bonchev–Trinajstić information content (AvgIpc) is 2.42. The molecule has 1 rings (SSSR count). The molecule has 5 nitrogen and oxygen atoms in total. The highest BCUT2D eigenvalue weighted by molar-refractivity contribution is 5.78. The minimum Gasteiger partial charge on any atom is -0.508 e. The zero-order valence-electron chi connectivity index (χ0n) is 12.4. The van der Waals surface area contributed by atoms with Gasteiger partial charge >= 0.3 is 0 Å². The molecule has 20 heavy (non-hydrogen) atoms. The predicted octanol–water partition coefficient (Wildman–Crippen LogP) is 1.54. The number of hydrogen-bond donors (Lipinski definition) is 2. The van der Waals surface area contributed by atoms with Crippen LogP contribution < -0.4 is 5.32 Å². The van der Waals surface area contributed by atoms with Gasteiger partial charge in [0.2, 0.25) is 5.91 Å². The highest BCUT2D eigenvalue weighted by atomic mass is 16.5. The van der Waals surface area contributed by atoms with Crippen LogP contribution in [0, 0.1) is 0 Å². The number of amides is 1. The third kappa shape index (κ3) is 5.19. The van der Waals surface area contributed by atoms with Crippen molar-refractivity contribution in [2.45, 2.75) is 19.4 Å². The fraction of sp³-hybridized carbons (Fsp3) is 0.533. The van der Waals surface area contributed by atoms with Crippen LogP contribution >= 0.6 is 0 Å². The summed E-state index contributed by atoms with van der Waals surface area (Å²) < 4.78 is 4.89. The third-order valence-electron chi connectivity index (χ3n) is 3.22. The van der Waals surface area contributed by atoms with Gasteiger partial charge in [0, 0.05) is 19.7 Å². The smallest absolute Gasteiger partial charge is 0.234 e. The Morgan fingerprint density at radius 1 is 1.40 bits per heavy atom. The van der Waals surface area contributed by atoms with E-state index in [9.17, 15) is 9.90 Å². The molecule has 1 aromatic rings. The molecule has 0 saturated heterocycles. The van der Waals surface area contributed by atoms with Gasteiger partial charge in [0.25, 0.3) is 0 Å². The molecule has 1 amide bonds. The van der Waals surface area contributed by atoms with Gasteiger partial charge in [0.05, 0.1) is 13.2 Å². The Hall–Kier alpha value is -1.59. The van der Waals surface area contributed by atoms with E-state index in [1.54, 1.807) is 19.2 Å². The lowest BCUT2D eigenvalue weighted by Gasteiger charge is -2.27. The zero-order valence-corrected chi connectivity index (χ0v) is 12.4. The molecular weight excluding hydrogens is 256 g/mol. The van der Waals surface area contributed by atoms with E-state index in [0.29, 0.717) is 19.7 Å². The molecule has 1 atom stereocenters. The van der Waals surface area contributed by atoms with E-state index in [1.807, 2.05) is 24.1 Å². The van der Waals surface area contributed by atoms with Crippen molar-refractivity contribution in [2.24, 2.45) is 0 Å². The second-order valence-corrected chi connectivity index (χ2v) is 4.77. The number of methoxy groups -OCH3 is 1. The summed E-state index contributed by atoms with van der Waals surface area (Å²) in [6.07, 6.45) is 0.895. The SMILES string of the molecule is CCC(c1ccc(O)cc1)N(C)CC(=O)NCCOC. The van der Waals surface area contributed by atoms with Crippen LogP contribution in [0.25, 0.3) is 0 Å². The van der Waals surface area contributed by atoms with Gasteiger partial charge in [-0.15, -0.1) is 0 Å². The largest absolute Gasteiger partial charge is 0.508 e. The summed E-state index contributed by atoms with van der Waals surface area (Å²) in [7, 11) is 3.53. The first kappa shape index (κ1) is 16.5. The van der Waals surface area contributed by atoms with Gasteiger partial charge in [-0.25, -0.2) is 0 Å². The van der Waals surface area contributed by atoms with Crippen LogP contribution in [0.4, 0.5) is 0 Å². The number of likely N-dealkylation sites (N-methyl/N-ethyl adjacent to an activating group) is 1. The van der Waals surface area contributed by atoms with Crippen LogP contribution in [0.1, 0.15) is 24.9 Å². The van der Waals surface area contributed by atoms with Gasteiger partial charge in [0.15, 0.2) is 0 Å². The molecule has 0 spiro atoms. The summed E-state index contributed by atoms with van der Waals surface area (Å²) in [5, 5.41) is 12.1. The molecule has 0 fully saturated rings. The van der Waals surface area contributed by atoms with Gasteiger partial charge in [0.1, 0.15) is 5.75 Å². The predicted molar refractivity (Wildman–Crippen MR) is 78.7 cm³/mol. The zero-order chi connectivity index (χ0) is 15.0. The van der Waals surface area contributed by atoms with Gasteiger partial charge in [-0.3, -0.25) is 9.69 Å². The number of phenols is 1. The van der Waals surface area contributed by atoms with Gasteiger partial charge in [-0.2, -0.15) is 0 Å². The van der Waals surface area contributed by atoms with Crippen LogP contribution in [0.3, 0.4) is 0 Å². The number of phenolic OH excluding ortho intramolecular Hbond substituents is 1. The molecule has 0 aromatic heterocycles. The molecule has 0 aliphatic carbocycles. The van der Waals surface area contributed by atoms with Crippen molar-refractivity contribution < 1.29 is 14.6 Å². The normalized spacial score (nSPS) is 12.4. The first-order valence-corrected chi connectivity index (χ1v) is 6.83. The van der Waals surface area contributed by atoms with Crippen molar-refractivity contribution in [3.05, 3.63) is 29.8 Å². The maximum absolute atomic E-state index is 11.8. The quantitative estimate of drug-likeness (QED) is 0.709. The second kappa shape index (κ2) is 8.55. The summed E-state index contributed by atoms with van der Waals surface area (Å²) in [6, 6.07) is 7.28. The number of carbonyl (C=O) groups is 1. The van der Waals surface area contributed by atoms with Crippen molar-refractivity contribution in [1.82, 2.24) is 10.2 Å². The highest BCUT2D eigenvalue weighted by Crippen LogP contribution is 2.24. The summed E-state index contributed by atoms with van der Waals surface area (Å²) in [4.78, 5) is 13.8. The Morgan fingerprint density at radius 2 is 2.05 bits per heavy atom. The summed E-state index contributed by atoms with van der Waals surface area (Å²) in [5.41, 5.74) is 1.09. The molecule has 0 radical (unpaired) electrons. The van der Waals surface area contributed by atoms with E-state index in [0.717, 1.165) is 12.0 Å². The fourth-order valence-electron chi connectivity index (χ4n) is 2.18. The topological polar surface area (TPSA) is 61.8 Å². The molecular formula is C15H24N2O3. The Labute approximate surface area is 120 Å². The van der Waals surface area contributed by atoms with Crippen LogP contribution in [-0.4, -0.2) is 49.8 Å². The van der Waals surface area contributed by atoms with Gasteiger partial charge in [-0.05, 0) is 31.2 Å². The number of hydrogen-bond acceptors (Lipinski definition) is 4. The molecule has 0 saturated carbocycles. The molecule has 1 unspecified atom stereocenters. The first-order valence-electron chi connectivity index (χ1n) is 6.83. The second-order valence-electron chi connectivity index (χ2n) is 4.77. The Bertz CT molecular complexity index is 406. The maximum atomic E-state index is 11.8. The fourth-order valence-corrected chi connectivity index (χ4v) is 2.18. The van der Waals surface area contributed by atoms with Crippen molar-refractivity contribution in [2.75, 3.05) is 33.9 Å². The summed E-state index contributed by atoms with van der Waals surface area (Å²) in [5.74, 6) is 0.241. The number of benzene rings is 1. The number of nitrogens with zero attached hydrogens (tertiary/aromatic N) is 1. The van der Waals surface area contributed by atoms with E-state index < -0.39 is 0 Å². The summed E-state index contributed by atoms with van der Waals surface area (Å²) in [6.45, 7) is 3.46. The lowest BCUT2D eigenvalue weighted by atomic mass is 10.0. The van der Waals surface area contributed by atoms with Crippen LogP contribution in [-0.2, 0) is 9.53 Å². The standard InChI is InChI=1S/C15H24N2O3/c1-4-14(12-5-7-13(18)8-6-12)17(2)11-15(19)16-9-10-20-3/h5-8,14,18H,4,9-11H2,1-3H3,(H,16,19). The van der Waals surface area contributed by atoms with Crippen molar-refractivity contribution in [3.8, 4) is 5.75 Å². The van der Waals surface area contributed by atoms with Crippen molar-refractivity contribution in [1.29, 1.82) is 0 Å². The molecule has 1 aromatic carbocycles. The van der Waals surface area contributed by atoms with Crippen LogP contribution in [0.2, 0.25) is 0 Å². The van der Waals surface area contributed by atoms with Gasteiger partial charge in [-0.1, -0.05) is 19.1 Å². The van der Waals surface area contributed by atoms with Crippen LogP contribution in [0.5, 0.6) is 5.75 Å². The van der Waals surface area contributed by atoms with E-state index >= 15 is 0 Å². The van der Waals surface area contributed by atoms with Crippen LogP contribution in [0.15, 0.2) is 24.3 Å². The van der Waals surface area contributed by atoms with E-state index in [4.69, 9.17) is 4.74 Å². The minimum atomic E-state index is -0.0122.